The van der Waals surface area contributed by atoms with Crippen LogP contribution < -0.4 is 0 Å². The standard InChI is InChI=1S/C10H10N2O5/c1-7(13)11(10(14)15)6-8-3-2-4-9(5-8)12(16)17/h2-5H,6H2,1H3,(H,14,15). The van der Waals surface area contributed by atoms with E-state index < -0.39 is 16.9 Å². The predicted octanol–water partition coefficient (Wildman–Crippen LogP) is 1.62. The zero-order valence-corrected chi connectivity index (χ0v) is 8.99. The highest BCUT2D eigenvalue weighted by atomic mass is 16.6. The molecule has 0 aliphatic heterocycles. The summed E-state index contributed by atoms with van der Waals surface area (Å²) in [6.45, 7) is 0.915. The fourth-order valence-corrected chi connectivity index (χ4v) is 1.26. The smallest absolute Gasteiger partial charge is 0.414 e. The van der Waals surface area contributed by atoms with Crippen LogP contribution in [0, 0.1) is 10.1 Å². The number of carbonyl (C=O) groups excluding carboxylic acids is 1. The maximum atomic E-state index is 11.0. The normalized spacial score (nSPS) is 9.71. The van der Waals surface area contributed by atoms with Crippen LogP contribution in [0.1, 0.15) is 12.5 Å². The molecule has 1 N–H and O–H groups in total. The van der Waals surface area contributed by atoms with Gasteiger partial charge in [0.15, 0.2) is 0 Å². The number of nitrogens with zero attached hydrogens (tertiary/aromatic N) is 2. The van der Waals surface area contributed by atoms with Gasteiger partial charge in [-0.25, -0.2) is 9.69 Å². The Bertz CT molecular complexity index is 458. The quantitative estimate of drug-likeness (QED) is 0.636. The second-order valence-electron chi connectivity index (χ2n) is 3.31. The Morgan fingerprint density at radius 3 is 2.59 bits per heavy atom. The third kappa shape index (κ3) is 3.26. The van der Waals surface area contributed by atoms with Crippen LogP contribution in [-0.4, -0.2) is 26.9 Å². The van der Waals surface area contributed by atoms with Gasteiger partial charge in [0.1, 0.15) is 0 Å². The van der Waals surface area contributed by atoms with Crippen molar-refractivity contribution in [3.63, 3.8) is 0 Å². The number of non-ortho nitro benzene ring substituents is 1. The number of rotatable bonds is 3. The van der Waals surface area contributed by atoms with Gasteiger partial charge >= 0.3 is 6.09 Å². The minimum absolute atomic E-state index is 0.142. The number of imide groups is 1. The van der Waals surface area contributed by atoms with Crippen LogP contribution in [0.15, 0.2) is 24.3 Å². The minimum atomic E-state index is -1.39. The van der Waals surface area contributed by atoms with Gasteiger partial charge in [0.2, 0.25) is 5.91 Å². The van der Waals surface area contributed by atoms with E-state index in [-0.39, 0.29) is 12.2 Å². The van der Waals surface area contributed by atoms with Gasteiger partial charge in [-0.15, -0.1) is 0 Å². The van der Waals surface area contributed by atoms with Gasteiger partial charge in [0.05, 0.1) is 11.5 Å². The SMILES string of the molecule is CC(=O)N(Cc1cccc([N+](=O)[O-])c1)C(=O)O. The Morgan fingerprint density at radius 1 is 1.47 bits per heavy atom. The lowest BCUT2D eigenvalue weighted by atomic mass is 10.2. The predicted molar refractivity (Wildman–Crippen MR) is 57.3 cm³/mol. The van der Waals surface area contributed by atoms with Gasteiger partial charge in [0.25, 0.3) is 5.69 Å². The van der Waals surface area contributed by atoms with Crippen LogP contribution in [0.4, 0.5) is 10.5 Å². The average molecular weight is 238 g/mol. The van der Waals surface area contributed by atoms with E-state index in [1.165, 1.54) is 24.3 Å². The van der Waals surface area contributed by atoms with E-state index in [1.54, 1.807) is 0 Å². The van der Waals surface area contributed by atoms with E-state index in [9.17, 15) is 19.7 Å². The van der Waals surface area contributed by atoms with E-state index in [0.717, 1.165) is 6.92 Å². The van der Waals surface area contributed by atoms with Gasteiger partial charge < -0.3 is 5.11 Å². The summed E-state index contributed by atoms with van der Waals surface area (Å²) >= 11 is 0. The first kappa shape index (κ1) is 12.6. The molecule has 0 unspecified atom stereocenters. The molecule has 7 nitrogen and oxygen atoms in total. The number of nitro groups is 1. The Labute approximate surface area is 96.4 Å². The number of amides is 2. The topological polar surface area (TPSA) is 101 Å². The molecular formula is C10H10N2O5. The first-order valence-electron chi connectivity index (χ1n) is 4.66. The molecule has 2 amide bonds. The molecule has 0 heterocycles. The van der Waals surface area contributed by atoms with Crippen molar-refractivity contribution in [2.75, 3.05) is 0 Å². The van der Waals surface area contributed by atoms with Crippen molar-refractivity contribution in [3.8, 4) is 0 Å². The number of carboxylic acid groups (broad SMARTS) is 1. The third-order valence-electron chi connectivity index (χ3n) is 2.07. The lowest BCUT2D eigenvalue weighted by Gasteiger charge is -2.14. The molecule has 0 aromatic heterocycles. The minimum Gasteiger partial charge on any atom is -0.465 e. The van der Waals surface area contributed by atoms with E-state index in [2.05, 4.69) is 0 Å². The fourth-order valence-electron chi connectivity index (χ4n) is 1.26. The molecule has 0 aliphatic carbocycles. The van der Waals surface area contributed by atoms with Crippen LogP contribution in [0.5, 0.6) is 0 Å². The summed E-state index contributed by atoms with van der Waals surface area (Å²) in [6.07, 6.45) is -1.39. The highest BCUT2D eigenvalue weighted by molar-refractivity contribution is 5.89. The summed E-state index contributed by atoms with van der Waals surface area (Å²) in [5, 5.41) is 19.3. The van der Waals surface area contributed by atoms with E-state index in [0.29, 0.717) is 10.5 Å². The number of hydrogen-bond donors (Lipinski definition) is 1. The zero-order valence-electron chi connectivity index (χ0n) is 8.99. The molecule has 7 heteroatoms. The first-order chi connectivity index (χ1) is 7.91. The van der Waals surface area contributed by atoms with Crippen molar-refractivity contribution in [3.05, 3.63) is 39.9 Å². The van der Waals surface area contributed by atoms with Crippen molar-refractivity contribution in [2.24, 2.45) is 0 Å². The molecule has 90 valence electrons. The maximum Gasteiger partial charge on any atom is 0.414 e. The van der Waals surface area contributed by atoms with Crippen molar-refractivity contribution in [1.29, 1.82) is 0 Å². The van der Waals surface area contributed by atoms with Crippen molar-refractivity contribution in [1.82, 2.24) is 4.90 Å². The summed E-state index contributed by atoms with van der Waals surface area (Å²) < 4.78 is 0. The number of carbonyl (C=O) groups is 2. The van der Waals surface area contributed by atoms with E-state index >= 15 is 0 Å². The van der Waals surface area contributed by atoms with Gasteiger partial charge in [-0.3, -0.25) is 14.9 Å². The summed E-state index contributed by atoms with van der Waals surface area (Å²) in [5.74, 6) is -0.635. The van der Waals surface area contributed by atoms with Crippen LogP contribution >= 0.6 is 0 Å². The summed E-state index contributed by atoms with van der Waals surface area (Å²) in [7, 11) is 0. The van der Waals surface area contributed by atoms with Gasteiger partial charge in [0, 0.05) is 19.1 Å². The molecule has 17 heavy (non-hydrogen) atoms. The molecule has 0 aliphatic rings. The summed E-state index contributed by atoms with van der Waals surface area (Å²) in [6, 6.07) is 5.49. The van der Waals surface area contributed by atoms with Crippen molar-refractivity contribution in [2.45, 2.75) is 13.5 Å². The molecule has 0 atom stereocenters. The Balaban J connectivity index is 2.94. The largest absolute Gasteiger partial charge is 0.465 e. The molecule has 1 aromatic carbocycles. The Morgan fingerprint density at radius 2 is 2.12 bits per heavy atom. The molecular weight excluding hydrogens is 228 g/mol. The summed E-state index contributed by atoms with van der Waals surface area (Å²) in [5.41, 5.74) is 0.244. The zero-order chi connectivity index (χ0) is 13.0. The highest BCUT2D eigenvalue weighted by Crippen LogP contribution is 2.14. The van der Waals surface area contributed by atoms with Crippen molar-refractivity contribution >= 4 is 17.7 Å². The Hall–Kier alpha value is -2.44. The number of hydrogen-bond acceptors (Lipinski definition) is 4. The van der Waals surface area contributed by atoms with E-state index in [1.807, 2.05) is 0 Å². The number of nitro benzene ring substituents is 1. The van der Waals surface area contributed by atoms with E-state index in [4.69, 9.17) is 5.11 Å². The Kier molecular flexibility index (Phi) is 3.76. The second kappa shape index (κ2) is 5.06. The van der Waals surface area contributed by atoms with Crippen LogP contribution in [0.3, 0.4) is 0 Å². The lowest BCUT2D eigenvalue weighted by Crippen LogP contribution is -2.33. The molecule has 0 saturated carbocycles. The maximum absolute atomic E-state index is 11.0. The molecule has 0 spiro atoms. The monoisotopic (exact) mass is 238 g/mol. The number of benzene rings is 1. The molecule has 0 fully saturated rings. The average Bonchev–Trinajstić information content (AvgIpc) is 2.25. The van der Waals surface area contributed by atoms with Crippen molar-refractivity contribution < 1.29 is 19.6 Å². The first-order valence-corrected chi connectivity index (χ1v) is 4.66. The van der Waals surface area contributed by atoms with Crippen LogP contribution in [0.25, 0.3) is 0 Å². The van der Waals surface area contributed by atoms with Gasteiger partial charge in [-0.2, -0.15) is 0 Å². The second-order valence-corrected chi connectivity index (χ2v) is 3.31. The summed E-state index contributed by atoms with van der Waals surface area (Å²) in [4.78, 5) is 32.3. The molecule has 0 saturated heterocycles. The molecule has 0 bridgehead atoms. The van der Waals surface area contributed by atoms with Gasteiger partial charge in [-0.05, 0) is 5.56 Å². The molecule has 1 aromatic rings. The van der Waals surface area contributed by atoms with Crippen LogP contribution in [-0.2, 0) is 11.3 Å². The molecule has 1 rings (SSSR count). The van der Waals surface area contributed by atoms with Gasteiger partial charge in [-0.1, -0.05) is 12.1 Å². The third-order valence-corrected chi connectivity index (χ3v) is 2.07. The molecule has 0 radical (unpaired) electrons. The van der Waals surface area contributed by atoms with Crippen LogP contribution in [0.2, 0.25) is 0 Å². The lowest BCUT2D eigenvalue weighted by molar-refractivity contribution is -0.384. The fraction of sp³-hybridized carbons (Fsp3) is 0.200. The highest BCUT2D eigenvalue weighted by Gasteiger charge is 2.17.